The number of nitrogens with one attached hydrogen (secondary N) is 2. The highest BCUT2D eigenvalue weighted by molar-refractivity contribution is 5.31. The van der Waals surface area contributed by atoms with Gasteiger partial charge in [0.15, 0.2) is 0 Å². The van der Waals surface area contributed by atoms with E-state index in [0.717, 1.165) is 18.8 Å². The van der Waals surface area contributed by atoms with Crippen LogP contribution in [0.3, 0.4) is 0 Å². The van der Waals surface area contributed by atoms with Gasteiger partial charge < -0.3 is 10.2 Å². The molecule has 1 fully saturated rings. The molecule has 0 aromatic carbocycles. The maximum absolute atomic E-state index is 11.6. The van der Waals surface area contributed by atoms with Crippen molar-refractivity contribution in [3.8, 4) is 0 Å². The molecule has 2 heterocycles. The van der Waals surface area contributed by atoms with E-state index >= 15 is 0 Å². The molecule has 1 aromatic rings. The lowest BCUT2D eigenvalue weighted by molar-refractivity contribution is 0.421. The number of H-pyrrole nitrogens is 1. The number of hydrogen-bond acceptors (Lipinski definition) is 4. The molecular formula is C13H22N4O. The molecule has 1 aliphatic rings. The van der Waals surface area contributed by atoms with Crippen LogP contribution in [-0.2, 0) is 6.54 Å². The van der Waals surface area contributed by atoms with Crippen LogP contribution in [0.4, 0.5) is 5.95 Å². The third-order valence-corrected chi connectivity index (χ3v) is 2.99. The Balaban J connectivity index is 2.13. The number of nitrogens with zero attached hydrogens (tertiary/aromatic N) is 2. The van der Waals surface area contributed by atoms with E-state index in [0.29, 0.717) is 12.5 Å². The summed E-state index contributed by atoms with van der Waals surface area (Å²) in [6.07, 6.45) is 2.35. The highest BCUT2D eigenvalue weighted by Gasteiger charge is 2.16. The van der Waals surface area contributed by atoms with Crippen LogP contribution in [0.5, 0.6) is 0 Å². The van der Waals surface area contributed by atoms with Gasteiger partial charge in [-0.3, -0.25) is 9.78 Å². The Labute approximate surface area is 108 Å². The topological polar surface area (TPSA) is 61.0 Å². The minimum atomic E-state index is -0.0717. The molecule has 0 spiro atoms. The van der Waals surface area contributed by atoms with Crippen molar-refractivity contribution in [1.82, 2.24) is 15.3 Å². The molecule has 0 bridgehead atoms. The molecule has 0 atom stereocenters. The van der Waals surface area contributed by atoms with Crippen molar-refractivity contribution in [3.63, 3.8) is 0 Å². The third-order valence-electron chi connectivity index (χ3n) is 2.99. The summed E-state index contributed by atoms with van der Waals surface area (Å²) >= 11 is 0. The zero-order valence-corrected chi connectivity index (χ0v) is 11.4. The fraction of sp³-hybridized carbons (Fsp3) is 0.692. The van der Waals surface area contributed by atoms with E-state index in [1.807, 2.05) is 0 Å². The number of rotatable bonds is 3. The van der Waals surface area contributed by atoms with Crippen LogP contribution in [0.15, 0.2) is 10.9 Å². The molecule has 2 N–H and O–H groups in total. The molecule has 1 saturated heterocycles. The van der Waals surface area contributed by atoms with Gasteiger partial charge in [0, 0.05) is 31.2 Å². The Morgan fingerprint density at radius 3 is 2.67 bits per heavy atom. The maximum Gasteiger partial charge on any atom is 0.252 e. The van der Waals surface area contributed by atoms with Gasteiger partial charge in [-0.05, 0) is 33.6 Å². The van der Waals surface area contributed by atoms with Gasteiger partial charge in [0.1, 0.15) is 0 Å². The molecule has 0 saturated carbocycles. The van der Waals surface area contributed by atoms with Gasteiger partial charge in [-0.25, -0.2) is 4.98 Å². The first-order valence-electron chi connectivity index (χ1n) is 6.54. The lowest BCUT2D eigenvalue weighted by atomic mass is 10.1. The van der Waals surface area contributed by atoms with Crippen LogP contribution in [-0.4, -0.2) is 28.6 Å². The molecule has 5 nitrogen and oxygen atoms in total. The van der Waals surface area contributed by atoms with Gasteiger partial charge in [0.05, 0.1) is 5.69 Å². The minimum Gasteiger partial charge on any atom is -0.342 e. The Morgan fingerprint density at radius 1 is 1.39 bits per heavy atom. The SMILES string of the molecule is CC(C)(C)NCc1cc(=O)[nH]c(N2CCCC2)n1. The van der Waals surface area contributed by atoms with E-state index < -0.39 is 0 Å². The third kappa shape index (κ3) is 3.57. The normalized spacial score (nSPS) is 16.3. The van der Waals surface area contributed by atoms with E-state index in [9.17, 15) is 4.79 Å². The lowest BCUT2D eigenvalue weighted by Gasteiger charge is -2.21. The number of aromatic amines is 1. The highest BCUT2D eigenvalue weighted by Crippen LogP contribution is 2.14. The summed E-state index contributed by atoms with van der Waals surface area (Å²) in [6, 6.07) is 1.57. The molecule has 0 radical (unpaired) electrons. The zero-order chi connectivity index (χ0) is 13.2. The van der Waals surface area contributed by atoms with Gasteiger partial charge >= 0.3 is 0 Å². The minimum absolute atomic E-state index is 0.0259. The smallest absolute Gasteiger partial charge is 0.252 e. The average molecular weight is 250 g/mol. The predicted molar refractivity (Wildman–Crippen MR) is 72.9 cm³/mol. The second kappa shape index (κ2) is 5.10. The standard InChI is InChI=1S/C13H22N4O/c1-13(2,3)14-9-10-8-11(18)16-12(15-10)17-6-4-5-7-17/h8,14H,4-7,9H2,1-3H3,(H,15,16,18). The summed E-state index contributed by atoms with van der Waals surface area (Å²) < 4.78 is 0. The van der Waals surface area contributed by atoms with Crippen LogP contribution in [0, 0.1) is 0 Å². The Morgan fingerprint density at radius 2 is 2.06 bits per heavy atom. The number of anilines is 1. The van der Waals surface area contributed by atoms with Crippen LogP contribution < -0.4 is 15.8 Å². The first-order chi connectivity index (χ1) is 8.44. The summed E-state index contributed by atoms with van der Waals surface area (Å²) in [4.78, 5) is 21.1. The second-order valence-corrected chi connectivity index (χ2v) is 5.86. The molecule has 5 heteroatoms. The van der Waals surface area contributed by atoms with Crippen molar-refractivity contribution < 1.29 is 0 Å². The van der Waals surface area contributed by atoms with Gasteiger partial charge in [-0.2, -0.15) is 0 Å². The van der Waals surface area contributed by atoms with Crippen molar-refractivity contribution in [3.05, 3.63) is 22.1 Å². The molecule has 0 unspecified atom stereocenters. The molecule has 18 heavy (non-hydrogen) atoms. The van der Waals surface area contributed by atoms with Crippen LogP contribution in [0.25, 0.3) is 0 Å². The van der Waals surface area contributed by atoms with E-state index in [-0.39, 0.29) is 11.1 Å². The molecule has 100 valence electrons. The van der Waals surface area contributed by atoms with E-state index in [4.69, 9.17) is 0 Å². The first kappa shape index (κ1) is 13.1. The van der Waals surface area contributed by atoms with Crippen LogP contribution >= 0.6 is 0 Å². The van der Waals surface area contributed by atoms with Gasteiger partial charge in [0.2, 0.25) is 5.95 Å². The molecule has 2 rings (SSSR count). The van der Waals surface area contributed by atoms with Crippen molar-refractivity contribution in [2.45, 2.75) is 45.7 Å². The number of aromatic nitrogens is 2. The fourth-order valence-electron chi connectivity index (χ4n) is 2.02. The van der Waals surface area contributed by atoms with Crippen LogP contribution in [0.2, 0.25) is 0 Å². The van der Waals surface area contributed by atoms with Crippen LogP contribution in [0.1, 0.15) is 39.3 Å². The largest absolute Gasteiger partial charge is 0.342 e. The highest BCUT2D eigenvalue weighted by atomic mass is 16.1. The van der Waals surface area contributed by atoms with Crippen molar-refractivity contribution in [2.24, 2.45) is 0 Å². The summed E-state index contributed by atoms with van der Waals surface area (Å²) in [5.41, 5.74) is 0.756. The van der Waals surface area contributed by atoms with Gasteiger partial charge in [0.25, 0.3) is 5.56 Å². The summed E-state index contributed by atoms with van der Waals surface area (Å²) in [6.45, 7) is 8.89. The van der Waals surface area contributed by atoms with E-state index in [2.05, 4.69) is 41.0 Å². The number of hydrogen-bond donors (Lipinski definition) is 2. The van der Waals surface area contributed by atoms with E-state index in [1.54, 1.807) is 6.07 Å². The maximum atomic E-state index is 11.6. The van der Waals surface area contributed by atoms with E-state index in [1.165, 1.54) is 12.8 Å². The van der Waals surface area contributed by atoms with Gasteiger partial charge in [-0.15, -0.1) is 0 Å². The van der Waals surface area contributed by atoms with Crippen molar-refractivity contribution in [2.75, 3.05) is 18.0 Å². The molecular weight excluding hydrogens is 228 g/mol. The average Bonchev–Trinajstić information content (AvgIpc) is 2.78. The summed E-state index contributed by atoms with van der Waals surface area (Å²) in [5, 5.41) is 3.35. The molecule has 1 aromatic heterocycles. The zero-order valence-electron chi connectivity index (χ0n) is 11.4. The molecule has 1 aliphatic heterocycles. The monoisotopic (exact) mass is 250 g/mol. The molecule has 0 aliphatic carbocycles. The summed E-state index contributed by atoms with van der Waals surface area (Å²) in [7, 11) is 0. The Hall–Kier alpha value is -1.36. The van der Waals surface area contributed by atoms with Crippen molar-refractivity contribution in [1.29, 1.82) is 0 Å². The predicted octanol–water partition coefficient (Wildman–Crippen LogP) is 1.26. The Bertz CT molecular complexity index is 455. The van der Waals surface area contributed by atoms with Gasteiger partial charge in [-0.1, -0.05) is 0 Å². The second-order valence-electron chi connectivity index (χ2n) is 5.86. The lowest BCUT2D eigenvalue weighted by Crippen LogP contribution is -2.36. The Kier molecular flexibility index (Phi) is 3.71. The quantitative estimate of drug-likeness (QED) is 0.848. The molecule has 0 amide bonds. The first-order valence-corrected chi connectivity index (χ1v) is 6.54. The fourth-order valence-corrected chi connectivity index (χ4v) is 2.02. The van der Waals surface area contributed by atoms with Crippen molar-refractivity contribution >= 4 is 5.95 Å². The summed E-state index contributed by atoms with van der Waals surface area (Å²) in [5.74, 6) is 0.714.